The molecule has 1 aliphatic heterocycles. The lowest BCUT2D eigenvalue weighted by Crippen LogP contribution is -2.77. The first-order valence-electron chi connectivity index (χ1n) is 9.97. The fraction of sp³-hybridized carbons (Fsp3) is 0.364. The van der Waals surface area contributed by atoms with Gasteiger partial charge in [-0.25, -0.2) is 9.37 Å². The highest BCUT2D eigenvalue weighted by Crippen LogP contribution is 2.56. The maximum Gasteiger partial charge on any atom is 0.248 e. The number of amides is 3. The minimum Gasteiger partial charge on any atom is -0.348 e. The van der Waals surface area contributed by atoms with E-state index in [1.54, 1.807) is 26.2 Å². The Morgan fingerprint density at radius 2 is 1.84 bits per heavy atom. The summed E-state index contributed by atoms with van der Waals surface area (Å²) < 4.78 is 14.7. The van der Waals surface area contributed by atoms with Gasteiger partial charge in [0.25, 0.3) is 0 Å². The Morgan fingerprint density at radius 1 is 1.19 bits per heavy atom. The standard InChI is InChI=1S/C22H21Cl2FN4O3/c1-28(2)20(32)21(8-13-3-5-14(23)6-4-13)11-22(12-21)19(31)27-10-17(30)29(22)18-16(25)7-15(24)9-26-18/h3-7,9H,8,10-12H2,1-2H3,(H,27,31). The normalized spacial score (nSPS) is 24.8. The number of carbonyl (C=O) groups is 3. The van der Waals surface area contributed by atoms with Gasteiger partial charge in [-0.3, -0.25) is 19.3 Å². The number of rotatable bonds is 4. The number of nitrogens with zero attached hydrogens (tertiary/aromatic N) is 3. The molecule has 0 unspecified atom stereocenters. The molecule has 2 aromatic rings. The van der Waals surface area contributed by atoms with E-state index in [1.165, 1.54) is 11.1 Å². The number of hydrogen-bond donors (Lipinski definition) is 1. The average Bonchev–Trinajstić information content (AvgIpc) is 2.71. The third-order valence-corrected chi connectivity index (χ3v) is 6.54. The van der Waals surface area contributed by atoms with E-state index in [4.69, 9.17) is 23.2 Å². The fourth-order valence-corrected chi connectivity index (χ4v) is 5.11. The fourth-order valence-electron chi connectivity index (χ4n) is 4.84. The molecule has 3 amide bonds. The minimum atomic E-state index is -1.42. The molecule has 2 fully saturated rings. The van der Waals surface area contributed by atoms with Crippen LogP contribution >= 0.6 is 23.2 Å². The Bertz CT molecular complexity index is 1100. The molecule has 0 radical (unpaired) electrons. The predicted octanol–water partition coefficient (Wildman–Crippen LogP) is 2.84. The van der Waals surface area contributed by atoms with Gasteiger partial charge in [0.05, 0.1) is 17.0 Å². The lowest BCUT2D eigenvalue weighted by atomic mass is 9.53. The molecular weight excluding hydrogens is 458 g/mol. The van der Waals surface area contributed by atoms with Crippen molar-refractivity contribution in [2.45, 2.75) is 24.8 Å². The molecule has 32 heavy (non-hydrogen) atoms. The highest BCUT2D eigenvalue weighted by atomic mass is 35.5. The summed E-state index contributed by atoms with van der Waals surface area (Å²) in [7, 11) is 3.28. The third kappa shape index (κ3) is 3.61. The van der Waals surface area contributed by atoms with Gasteiger partial charge in [-0.1, -0.05) is 35.3 Å². The van der Waals surface area contributed by atoms with E-state index < -0.39 is 28.6 Å². The smallest absolute Gasteiger partial charge is 0.248 e. The number of piperazine rings is 1. The summed E-state index contributed by atoms with van der Waals surface area (Å²) in [6, 6.07) is 8.15. The molecule has 1 saturated heterocycles. The summed E-state index contributed by atoms with van der Waals surface area (Å²) >= 11 is 11.8. The summed E-state index contributed by atoms with van der Waals surface area (Å²) in [5.74, 6) is -2.20. The molecule has 168 valence electrons. The second-order valence-corrected chi connectivity index (χ2v) is 9.41. The zero-order chi connectivity index (χ0) is 23.3. The Balaban J connectivity index is 1.75. The van der Waals surface area contributed by atoms with Crippen LogP contribution in [0.15, 0.2) is 36.5 Å². The van der Waals surface area contributed by atoms with Gasteiger partial charge in [0.15, 0.2) is 11.6 Å². The van der Waals surface area contributed by atoms with Crippen LogP contribution in [0.25, 0.3) is 0 Å². The Hall–Kier alpha value is -2.71. The van der Waals surface area contributed by atoms with Crippen molar-refractivity contribution in [1.29, 1.82) is 0 Å². The molecule has 10 heteroatoms. The van der Waals surface area contributed by atoms with Gasteiger partial charge >= 0.3 is 0 Å². The quantitative estimate of drug-likeness (QED) is 0.732. The molecule has 7 nitrogen and oxygen atoms in total. The van der Waals surface area contributed by atoms with Crippen molar-refractivity contribution in [3.8, 4) is 0 Å². The Morgan fingerprint density at radius 3 is 2.44 bits per heavy atom. The summed E-state index contributed by atoms with van der Waals surface area (Å²) in [5.41, 5.74) is -1.51. The predicted molar refractivity (Wildman–Crippen MR) is 118 cm³/mol. The minimum absolute atomic E-state index is 0.0287. The van der Waals surface area contributed by atoms with Gasteiger partial charge < -0.3 is 10.2 Å². The first kappa shape index (κ1) is 22.5. The van der Waals surface area contributed by atoms with E-state index in [2.05, 4.69) is 10.3 Å². The van der Waals surface area contributed by atoms with E-state index in [0.717, 1.165) is 16.5 Å². The first-order valence-corrected chi connectivity index (χ1v) is 10.7. The van der Waals surface area contributed by atoms with E-state index in [1.807, 2.05) is 12.1 Å². The van der Waals surface area contributed by atoms with Crippen LogP contribution in [0.1, 0.15) is 18.4 Å². The second kappa shape index (κ2) is 8.01. The molecular formula is C22H21Cl2FN4O3. The molecule has 1 saturated carbocycles. The van der Waals surface area contributed by atoms with Crippen LogP contribution in [-0.2, 0) is 20.8 Å². The zero-order valence-corrected chi connectivity index (χ0v) is 19.0. The van der Waals surface area contributed by atoms with E-state index in [-0.39, 0.29) is 36.1 Å². The van der Waals surface area contributed by atoms with Crippen molar-refractivity contribution in [2.75, 3.05) is 25.5 Å². The number of anilines is 1. The maximum absolute atomic E-state index is 14.7. The summed E-state index contributed by atoms with van der Waals surface area (Å²) in [4.78, 5) is 45.7. The molecule has 0 atom stereocenters. The summed E-state index contributed by atoms with van der Waals surface area (Å²) in [5, 5.41) is 3.22. The molecule has 1 aliphatic carbocycles. The van der Waals surface area contributed by atoms with Crippen LogP contribution in [0.5, 0.6) is 0 Å². The number of carbonyl (C=O) groups excluding carboxylic acids is 3. The largest absolute Gasteiger partial charge is 0.348 e. The van der Waals surface area contributed by atoms with Crippen LogP contribution in [-0.4, -0.2) is 53.8 Å². The molecule has 2 heterocycles. The maximum atomic E-state index is 14.7. The number of pyridine rings is 1. The molecule has 2 aliphatic rings. The van der Waals surface area contributed by atoms with Crippen LogP contribution in [0.3, 0.4) is 0 Å². The third-order valence-electron chi connectivity index (χ3n) is 6.08. The van der Waals surface area contributed by atoms with E-state index in [9.17, 15) is 18.8 Å². The topological polar surface area (TPSA) is 82.6 Å². The van der Waals surface area contributed by atoms with Gasteiger partial charge in [0, 0.05) is 25.3 Å². The van der Waals surface area contributed by atoms with Gasteiger partial charge in [0.2, 0.25) is 17.7 Å². The number of hydrogen-bond acceptors (Lipinski definition) is 4. The molecule has 1 spiro atoms. The zero-order valence-electron chi connectivity index (χ0n) is 17.5. The highest BCUT2D eigenvalue weighted by molar-refractivity contribution is 6.30. The Kier molecular flexibility index (Phi) is 5.63. The van der Waals surface area contributed by atoms with Crippen LogP contribution < -0.4 is 10.2 Å². The van der Waals surface area contributed by atoms with Crippen LogP contribution in [0.2, 0.25) is 10.0 Å². The van der Waals surface area contributed by atoms with Crippen molar-refractivity contribution in [3.63, 3.8) is 0 Å². The van der Waals surface area contributed by atoms with Gasteiger partial charge in [-0.05, 0) is 43.0 Å². The monoisotopic (exact) mass is 478 g/mol. The molecule has 1 aromatic carbocycles. The van der Waals surface area contributed by atoms with E-state index in [0.29, 0.717) is 11.4 Å². The lowest BCUT2D eigenvalue weighted by molar-refractivity contribution is -0.158. The Labute approximate surface area is 194 Å². The van der Waals surface area contributed by atoms with E-state index >= 15 is 0 Å². The van der Waals surface area contributed by atoms with Crippen LogP contribution in [0, 0.1) is 11.2 Å². The number of nitrogens with one attached hydrogen (secondary N) is 1. The molecule has 1 N–H and O–H groups in total. The van der Waals surface area contributed by atoms with Crippen molar-refractivity contribution >= 4 is 46.7 Å². The van der Waals surface area contributed by atoms with Crippen LogP contribution in [0.4, 0.5) is 10.2 Å². The number of aromatic nitrogens is 1. The van der Waals surface area contributed by atoms with Gasteiger partial charge in [-0.2, -0.15) is 0 Å². The molecule has 4 rings (SSSR count). The van der Waals surface area contributed by atoms with Crippen molar-refractivity contribution in [1.82, 2.24) is 15.2 Å². The van der Waals surface area contributed by atoms with Gasteiger partial charge in [0.1, 0.15) is 5.54 Å². The van der Waals surface area contributed by atoms with Crippen molar-refractivity contribution < 1.29 is 18.8 Å². The summed E-state index contributed by atoms with van der Waals surface area (Å²) in [6.07, 6.45) is 1.62. The molecule has 0 bridgehead atoms. The average molecular weight is 479 g/mol. The molecule has 1 aromatic heterocycles. The summed E-state index contributed by atoms with van der Waals surface area (Å²) in [6.45, 7) is -0.282. The number of benzene rings is 1. The SMILES string of the molecule is CN(C)C(=O)C1(Cc2ccc(Cl)cc2)CC2(C1)C(=O)NCC(=O)N2c1ncc(Cl)cc1F. The number of halogens is 3. The van der Waals surface area contributed by atoms with Crippen molar-refractivity contribution in [2.24, 2.45) is 5.41 Å². The van der Waals surface area contributed by atoms with Gasteiger partial charge in [-0.15, -0.1) is 0 Å². The first-order chi connectivity index (χ1) is 15.1. The highest BCUT2D eigenvalue weighted by Gasteiger charge is 2.68. The lowest BCUT2D eigenvalue weighted by Gasteiger charge is -2.59. The second-order valence-electron chi connectivity index (χ2n) is 8.54. The van der Waals surface area contributed by atoms with Crippen molar-refractivity contribution in [3.05, 3.63) is 58.0 Å².